The molecular weight excluding hydrogens is 620 g/mol. The highest BCUT2D eigenvalue weighted by Crippen LogP contribution is 2.33. The summed E-state index contributed by atoms with van der Waals surface area (Å²) >= 11 is 1.32. The van der Waals surface area contributed by atoms with Crippen molar-refractivity contribution in [1.29, 1.82) is 0 Å². The molecule has 0 amide bonds. The molecule has 6 nitrogen and oxygen atoms in total. The summed E-state index contributed by atoms with van der Waals surface area (Å²) in [6, 6.07) is 28.3. The van der Waals surface area contributed by atoms with Gasteiger partial charge in [-0.25, -0.2) is 13.4 Å². The van der Waals surface area contributed by atoms with Gasteiger partial charge in [0.05, 0.1) is 22.3 Å². The van der Waals surface area contributed by atoms with E-state index >= 15 is 0 Å². The van der Waals surface area contributed by atoms with E-state index in [0.717, 1.165) is 42.5 Å². The maximum atomic E-state index is 13.1. The Morgan fingerprint density at radius 3 is 2.22 bits per heavy atom. The number of nitrogens with one attached hydrogen (secondary N) is 2. The average molecular weight is 650 g/mol. The Morgan fingerprint density at radius 2 is 1.56 bits per heavy atom. The number of rotatable bonds is 9. The number of benzene rings is 4. The third-order valence-electron chi connectivity index (χ3n) is 7.91. The normalized spacial score (nSPS) is 17.7. The topological polar surface area (TPSA) is 91.3 Å². The Kier molecular flexibility index (Phi) is 8.78. The number of hydrogen-bond acceptors (Lipinski definition) is 6. The maximum absolute atomic E-state index is 13.1. The van der Waals surface area contributed by atoms with Crippen molar-refractivity contribution in [2.24, 2.45) is 0 Å². The molecule has 0 bridgehead atoms. The van der Waals surface area contributed by atoms with Crippen molar-refractivity contribution in [2.45, 2.75) is 48.5 Å². The molecule has 1 fully saturated rings. The van der Waals surface area contributed by atoms with Crippen LogP contribution in [-0.2, 0) is 22.6 Å². The van der Waals surface area contributed by atoms with Crippen molar-refractivity contribution in [3.63, 3.8) is 0 Å². The van der Waals surface area contributed by atoms with E-state index in [0.29, 0.717) is 27.5 Å². The average Bonchev–Trinajstić information content (AvgIpc) is 3.72. The molecular formula is C34H30F3N3O3S2. The lowest BCUT2D eigenvalue weighted by molar-refractivity contribution is -0.137. The summed E-state index contributed by atoms with van der Waals surface area (Å²) in [5, 5.41) is 16.6. The van der Waals surface area contributed by atoms with E-state index in [1.54, 1.807) is 29.6 Å². The molecule has 11 heteroatoms. The van der Waals surface area contributed by atoms with Crippen LogP contribution in [0.5, 0.6) is 0 Å². The monoisotopic (exact) mass is 649 g/mol. The predicted octanol–water partition coefficient (Wildman–Crippen LogP) is 7.69. The molecule has 3 N–H and O–H groups in total. The van der Waals surface area contributed by atoms with Crippen LogP contribution in [0.2, 0.25) is 0 Å². The van der Waals surface area contributed by atoms with E-state index in [2.05, 4.69) is 15.0 Å². The number of hydrogen-bond donors (Lipinski definition) is 3. The highest BCUT2D eigenvalue weighted by molar-refractivity contribution is 7.92. The standard InChI is InChI=1S/C34H30F3N3O3S2/c35-34(36,37)26-12-8-23(9-13-26)31-21-44-33(39-31)25-10-17-29(18-11-25)45(42,43)40-27-14-6-22(7-15-27)20-28-16-19-30(38-28)32(41)24-4-2-1-3-5-24/h1-15,17-18,21,28,30,32,38,40-41H,16,19-20H2/t28-,30+,32?/m0/s1. The summed E-state index contributed by atoms with van der Waals surface area (Å²) in [6.45, 7) is 0. The lowest BCUT2D eigenvalue weighted by atomic mass is 10.0. The number of thiazole rings is 1. The smallest absolute Gasteiger partial charge is 0.387 e. The van der Waals surface area contributed by atoms with Crippen molar-refractivity contribution in [1.82, 2.24) is 10.3 Å². The van der Waals surface area contributed by atoms with Crippen molar-refractivity contribution < 1.29 is 26.7 Å². The van der Waals surface area contributed by atoms with Crippen LogP contribution in [0.4, 0.5) is 18.9 Å². The molecule has 0 spiro atoms. The van der Waals surface area contributed by atoms with Crippen LogP contribution in [0.25, 0.3) is 21.8 Å². The van der Waals surface area contributed by atoms with E-state index in [1.807, 2.05) is 42.5 Å². The second-order valence-corrected chi connectivity index (χ2v) is 13.6. The Bertz CT molecular complexity index is 1840. The largest absolute Gasteiger partial charge is 0.416 e. The van der Waals surface area contributed by atoms with Gasteiger partial charge < -0.3 is 10.4 Å². The van der Waals surface area contributed by atoms with Gasteiger partial charge in [0.15, 0.2) is 0 Å². The van der Waals surface area contributed by atoms with Gasteiger partial charge in [0.25, 0.3) is 10.0 Å². The van der Waals surface area contributed by atoms with Crippen molar-refractivity contribution in [3.05, 3.63) is 125 Å². The fraction of sp³-hybridized carbons (Fsp3) is 0.206. The summed E-state index contributed by atoms with van der Waals surface area (Å²) in [6.07, 6.45) is -2.38. The number of aromatic nitrogens is 1. The van der Waals surface area contributed by atoms with Crippen LogP contribution < -0.4 is 10.0 Å². The molecule has 6 rings (SSSR count). The first-order valence-corrected chi connectivity index (χ1v) is 16.8. The Labute approximate surface area is 263 Å². The highest BCUT2D eigenvalue weighted by atomic mass is 32.2. The first kappa shape index (κ1) is 31.0. The number of anilines is 1. The van der Waals surface area contributed by atoms with Crippen molar-refractivity contribution >= 4 is 27.0 Å². The Morgan fingerprint density at radius 1 is 0.889 bits per heavy atom. The number of nitrogens with zero attached hydrogens (tertiary/aromatic N) is 1. The zero-order valence-corrected chi connectivity index (χ0v) is 25.5. The van der Waals surface area contributed by atoms with Crippen molar-refractivity contribution in [3.8, 4) is 21.8 Å². The molecule has 0 saturated carbocycles. The lowest BCUT2D eigenvalue weighted by Crippen LogP contribution is -2.35. The molecule has 4 aromatic carbocycles. The minimum Gasteiger partial charge on any atom is -0.387 e. The molecule has 1 unspecified atom stereocenters. The molecule has 0 radical (unpaired) electrons. The van der Waals surface area contributed by atoms with Gasteiger partial charge in [-0.1, -0.05) is 66.7 Å². The molecule has 2 heterocycles. The Balaban J connectivity index is 1.05. The van der Waals surface area contributed by atoms with E-state index in [-0.39, 0.29) is 17.0 Å². The quantitative estimate of drug-likeness (QED) is 0.152. The van der Waals surface area contributed by atoms with Gasteiger partial charge in [-0.2, -0.15) is 13.2 Å². The van der Waals surface area contributed by atoms with Crippen LogP contribution in [0.3, 0.4) is 0 Å². The fourth-order valence-corrected chi connectivity index (χ4v) is 7.39. The number of sulfonamides is 1. The first-order valence-electron chi connectivity index (χ1n) is 14.4. The Hall–Kier alpha value is -4.03. The van der Waals surface area contributed by atoms with Gasteiger partial charge in [0, 0.05) is 34.3 Å². The van der Waals surface area contributed by atoms with Gasteiger partial charge in [0.2, 0.25) is 0 Å². The van der Waals surface area contributed by atoms with Gasteiger partial charge in [0.1, 0.15) is 5.01 Å². The number of aliphatic hydroxyl groups is 1. The van der Waals surface area contributed by atoms with Crippen molar-refractivity contribution in [2.75, 3.05) is 4.72 Å². The van der Waals surface area contributed by atoms with Gasteiger partial charge >= 0.3 is 6.18 Å². The van der Waals surface area contributed by atoms with Gasteiger partial charge in [-0.05, 0) is 66.8 Å². The van der Waals surface area contributed by atoms with Crippen LogP contribution in [0.1, 0.15) is 35.6 Å². The second-order valence-electron chi connectivity index (χ2n) is 11.0. The van der Waals surface area contributed by atoms with Crippen LogP contribution >= 0.6 is 11.3 Å². The zero-order chi connectivity index (χ0) is 31.6. The van der Waals surface area contributed by atoms with Crippen LogP contribution in [0, 0.1) is 0 Å². The number of alkyl halides is 3. The van der Waals surface area contributed by atoms with E-state index in [1.165, 1.54) is 35.6 Å². The lowest BCUT2D eigenvalue weighted by Gasteiger charge is -2.20. The molecule has 1 aromatic heterocycles. The molecule has 1 saturated heterocycles. The number of aliphatic hydroxyl groups excluding tert-OH is 1. The fourth-order valence-electron chi connectivity index (χ4n) is 5.50. The SMILES string of the molecule is O=S(=O)(Nc1ccc(C[C@@H]2CC[C@H](C(O)c3ccccc3)N2)cc1)c1ccc(-c2nc(-c3ccc(C(F)(F)F)cc3)cs2)cc1. The second kappa shape index (κ2) is 12.8. The summed E-state index contributed by atoms with van der Waals surface area (Å²) in [5.41, 5.74) is 3.48. The first-order chi connectivity index (χ1) is 21.5. The molecule has 5 aromatic rings. The summed E-state index contributed by atoms with van der Waals surface area (Å²) in [4.78, 5) is 4.62. The van der Waals surface area contributed by atoms with E-state index < -0.39 is 27.9 Å². The minimum absolute atomic E-state index is 0.00782. The summed E-state index contributed by atoms with van der Waals surface area (Å²) in [7, 11) is -3.84. The van der Waals surface area contributed by atoms with E-state index in [4.69, 9.17) is 0 Å². The molecule has 45 heavy (non-hydrogen) atoms. The van der Waals surface area contributed by atoms with Gasteiger partial charge in [-0.15, -0.1) is 11.3 Å². The third-order valence-corrected chi connectivity index (χ3v) is 10.2. The molecule has 1 aliphatic heterocycles. The third kappa shape index (κ3) is 7.28. The molecule has 0 aliphatic carbocycles. The predicted molar refractivity (Wildman–Crippen MR) is 170 cm³/mol. The minimum atomic E-state index is -4.40. The highest BCUT2D eigenvalue weighted by Gasteiger charge is 2.31. The molecule has 3 atom stereocenters. The molecule has 1 aliphatic rings. The van der Waals surface area contributed by atoms with Crippen LogP contribution in [0.15, 0.2) is 113 Å². The number of halogens is 3. The van der Waals surface area contributed by atoms with Crippen LogP contribution in [-0.4, -0.2) is 30.6 Å². The van der Waals surface area contributed by atoms with Gasteiger partial charge in [-0.3, -0.25) is 4.72 Å². The zero-order valence-electron chi connectivity index (χ0n) is 23.9. The maximum Gasteiger partial charge on any atom is 0.416 e. The summed E-state index contributed by atoms with van der Waals surface area (Å²) in [5.74, 6) is 0. The summed E-state index contributed by atoms with van der Waals surface area (Å²) < 4.78 is 67.4. The van der Waals surface area contributed by atoms with E-state index in [9.17, 15) is 26.7 Å². The molecule has 232 valence electrons.